The number of halogens is 2. The van der Waals surface area contributed by atoms with Crippen molar-refractivity contribution in [3.8, 4) is 11.3 Å². The zero-order chi connectivity index (χ0) is 16.1. The van der Waals surface area contributed by atoms with E-state index in [4.69, 9.17) is 0 Å². The molecule has 1 unspecified atom stereocenters. The highest BCUT2D eigenvalue weighted by Crippen LogP contribution is 2.26. The molecule has 4 nitrogen and oxygen atoms in total. The number of hydrogen-bond donors (Lipinski definition) is 3. The van der Waals surface area contributed by atoms with Gasteiger partial charge in [-0.05, 0) is 31.0 Å². The molecule has 0 aliphatic carbocycles. The van der Waals surface area contributed by atoms with Gasteiger partial charge in [-0.15, -0.1) is 0 Å². The van der Waals surface area contributed by atoms with Crippen LogP contribution in [0.15, 0.2) is 24.4 Å². The lowest BCUT2D eigenvalue weighted by Gasteiger charge is -2.14. The van der Waals surface area contributed by atoms with Gasteiger partial charge in [0.25, 0.3) is 0 Å². The predicted octanol–water partition coefficient (Wildman–Crippen LogP) is 2.85. The number of aliphatic hydroxyl groups excluding tert-OH is 1. The Hall–Kier alpha value is -1.79. The predicted molar refractivity (Wildman–Crippen MR) is 81.1 cm³/mol. The first kappa shape index (κ1) is 16.6. The van der Waals surface area contributed by atoms with Crippen molar-refractivity contribution in [3.63, 3.8) is 0 Å². The number of nitrogens with zero attached hydrogens (tertiary/aromatic N) is 1. The van der Waals surface area contributed by atoms with Crippen LogP contribution in [-0.4, -0.2) is 28.0 Å². The zero-order valence-electron chi connectivity index (χ0n) is 12.7. The van der Waals surface area contributed by atoms with Gasteiger partial charge in [0, 0.05) is 12.1 Å². The lowest BCUT2D eigenvalue weighted by atomic mass is 10.0. The average Bonchev–Trinajstić information content (AvgIpc) is 2.91. The summed E-state index contributed by atoms with van der Waals surface area (Å²) in [4.78, 5) is 0. The Bertz CT molecular complexity index is 593. The molecule has 0 amide bonds. The molecule has 6 heteroatoms. The number of rotatable bonds is 7. The molecule has 0 spiro atoms. The summed E-state index contributed by atoms with van der Waals surface area (Å²) < 4.78 is 27.7. The minimum Gasteiger partial charge on any atom is -0.393 e. The van der Waals surface area contributed by atoms with Gasteiger partial charge in [-0.25, -0.2) is 8.78 Å². The van der Waals surface area contributed by atoms with Gasteiger partial charge in [-0.2, -0.15) is 5.10 Å². The Morgan fingerprint density at radius 3 is 2.59 bits per heavy atom. The molecule has 0 aliphatic heterocycles. The summed E-state index contributed by atoms with van der Waals surface area (Å²) in [7, 11) is 0. The first-order valence-electron chi connectivity index (χ1n) is 7.36. The molecule has 0 aliphatic rings. The minimum absolute atomic E-state index is 0.0981. The molecule has 120 valence electrons. The number of nitrogens with one attached hydrogen (secondary N) is 2. The topological polar surface area (TPSA) is 60.9 Å². The maximum absolute atomic E-state index is 13.8. The van der Waals surface area contributed by atoms with E-state index in [1.165, 1.54) is 18.2 Å². The van der Waals surface area contributed by atoms with Crippen LogP contribution in [0, 0.1) is 17.6 Å². The van der Waals surface area contributed by atoms with Gasteiger partial charge in [0.1, 0.15) is 11.6 Å². The van der Waals surface area contributed by atoms with E-state index in [1.54, 1.807) is 6.20 Å². The zero-order valence-corrected chi connectivity index (χ0v) is 12.7. The number of aromatic amines is 1. The molecule has 0 saturated carbocycles. The minimum atomic E-state index is -0.624. The second kappa shape index (κ2) is 7.47. The first-order valence-corrected chi connectivity index (χ1v) is 7.36. The van der Waals surface area contributed by atoms with Gasteiger partial charge in [0.15, 0.2) is 0 Å². The molecule has 3 N–H and O–H groups in total. The fourth-order valence-electron chi connectivity index (χ4n) is 2.20. The van der Waals surface area contributed by atoms with Gasteiger partial charge >= 0.3 is 0 Å². The van der Waals surface area contributed by atoms with Gasteiger partial charge in [0.05, 0.1) is 23.6 Å². The van der Waals surface area contributed by atoms with Gasteiger partial charge in [0.2, 0.25) is 0 Å². The smallest absolute Gasteiger partial charge is 0.135 e. The highest BCUT2D eigenvalue weighted by Gasteiger charge is 2.16. The molecule has 22 heavy (non-hydrogen) atoms. The Morgan fingerprint density at radius 1 is 1.27 bits per heavy atom. The molecular formula is C16H21F2N3O. The van der Waals surface area contributed by atoms with Crippen molar-refractivity contribution in [3.05, 3.63) is 41.6 Å². The second-order valence-corrected chi connectivity index (χ2v) is 5.64. The molecule has 1 atom stereocenters. The lowest BCUT2D eigenvalue weighted by Crippen LogP contribution is -2.23. The normalized spacial score (nSPS) is 12.8. The van der Waals surface area contributed by atoms with Crippen LogP contribution in [0.5, 0.6) is 0 Å². The van der Waals surface area contributed by atoms with Crippen LogP contribution in [-0.2, 0) is 6.54 Å². The van der Waals surface area contributed by atoms with Crippen molar-refractivity contribution >= 4 is 0 Å². The van der Waals surface area contributed by atoms with Crippen LogP contribution in [0.3, 0.4) is 0 Å². The van der Waals surface area contributed by atoms with Crippen molar-refractivity contribution < 1.29 is 13.9 Å². The van der Waals surface area contributed by atoms with E-state index >= 15 is 0 Å². The molecule has 1 heterocycles. The van der Waals surface area contributed by atoms with Gasteiger partial charge < -0.3 is 10.4 Å². The third-order valence-corrected chi connectivity index (χ3v) is 3.63. The summed E-state index contributed by atoms with van der Waals surface area (Å²) in [5.74, 6) is -1.04. The summed E-state index contributed by atoms with van der Waals surface area (Å²) in [6.45, 7) is 4.95. The number of H-pyrrole nitrogens is 1. The summed E-state index contributed by atoms with van der Waals surface area (Å²) in [6, 6.07) is 3.76. The highest BCUT2D eigenvalue weighted by atomic mass is 19.1. The molecular weight excluding hydrogens is 288 g/mol. The van der Waals surface area contributed by atoms with Crippen molar-refractivity contribution in [2.24, 2.45) is 5.92 Å². The lowest BCUT2D eigenvalue weighted by molar-refractivity contribution is 0.116. The molecule has 2 rings (SSSR count). The van der Waals surface area contributed by atoms with Crippen LogP contribution in [0.25, 0.3) is 11.3 Å². The van der Waals surface area contributed by atoms with Crippen LogP contribution < -0.4 is 5.32 Å². The third-order valence-electron chi connectivity index (χ3n) is 3.63. The van der Waals surface area contributed by atoms with E-state index in [9.17, 15) is 13.9 Å². The molecule has 0 radical (unpaired) electrons. The Balaban J connectivity index is 2.02. The summed E-state index contributed by atoms with van der Waals surface area (Å²) in [5.41, 5.74) is 0.926. The SMILES string of the molecule is CC(C)C(O)CCNCc1cn[nH]c1-c1c(F)cccc1F. The van der Waals surface area contributed by atoms with E-state index < -0.39 is 11.6 Å². The molecule has 2 aromatic rings. The van der Waals surface area contributed by atoms with Crippen molar-refractivity contribution in [2.75, 3.05) is 6.54 Å². The quantitative estimate of drug-likeness (QED) is 0.689. The molecule has 1 aromatic heterocycles. The van der Waals surface area contributed by atoms with Crippen molar-refractivity contribution in [1.29, 1.82) is 0 Å². The summed E-state index contributed by atoms with van der Waals surface area (Å²) in [6.07, 6.45) is 1.81. The average molecular weight is 309 g/mol. The molecule has 1 aromatic carbocycles. The maximum atomic E-state index is 13.8. The van der Waals surface area contributed by atoms with Crippen LogP contribution in [0.4, 0.5) is 8.78 Å². The Morgan fingerprint density at radius 2 is 1.95 bits per heavy atom. The van der Waals surface area contributed by atoms with E-state index in [1.807, 2.05) is 13.8 Å². The van der Waals surface area contributed by atoms with Gasteiger partial charge in [-0.1, -0.05) is 19.9 Å². The van der Waals surface area contributed by atoms with Gasteiger partial charge in [-0.3, -0.25) is 5.10 Å². The van der Waals surface area contributed by atoms with Crippen molar-refractivity contribution in [2.45, 2.75) is 32.9 Å². The van der Waals surface area contributed by atoms with E-state index in [-0.39, 0.29) is 17.6 Å². The summed E-state index contributed by atoms with van der Waals surface area (Å²) in [5, 5.41) is 19.4. The monoisotopic (exact) mass is 309 g/mol. The maximum Gasteiger partial charge on any atom is 0.135 e. The fraction of sp³-hybridized carbons (Fsp3) is 0.438. The first-order chi connectivity index (χ1) is 10.5. The number of benzene rings is 1. The molecule has 0 bridgehead atoms. The molecule has 0 saturated heterocycles. The van der Waals surface area contributed by atoms with E-state index in [0.29, 0.717) is 30.8 Å². The largest absolute Gasteiger partial charge is 0.393 e. The Labute approximate surface area is 128 Å². The number of aliphatic hydroxyl groups is 1. The fourth-order valence-corrected chi connectivity index (χ4v) is 2.20. The standard InChI is InChI=1S/C16H21F2N3O/c1-10(2)14(22)6-7-19-8-11-9-20-21-16(11)15-12(17)4-3-5-13(15)18/h3-5,9-10,14,19,22H,6-8H2,1-2H3,(H,20,21). The Kier molecular flexibility index (Phi) is 5.63. The number of aromatic nitrogens is 2. The highest BCUT2D eigenvalue weighted by molar-refractivity contribution is 5.64. The van der Waals surface area contributed by atoms with Crippen LogP contribution in [0.2, 0.25) is 0 Å². The van der Waals surface area contributed by atoms with E-state index in [0.717, 1.165) is 0 Å². The van der Waals surface area contributed by atoms with Crippen LogP contribution in [0.1, 0.15) is 25.8 Å². The third kappa shape index (κ3) is 3.90. The second-order valence-electron chi connectivity index (χ2n) is 5.64. The van der Waals surface area contributed by atoms with E-state index in [2.05, 4.69) is 15.5 Å². The number of hydrogen-bond acceptors (Lipinski definition) is 3. The van der Waals surface area contributed by atoms with Crippen LogP contribution >= 0.6 is 0 Å². The molecule has 0 fully saturated rings. The van der Waals surface area contributed by atoms with Crippen molar-refractivity contribution in [1.82, 2.24) is 15.5 Å². The summed E-state index contributed by atoms with van der Waals surface area (Å²) >= 11 is 0.